The third-order valence-corrected chi connectivity index (χ3v) is 3.86. The molecular weight excluding hydrogens is 302 g/mol. The monoisotopic (exact) mass is 317 g/mol. The van der Waals surface area contributed by atoms with Gasteiger partial charge in [-0.1, -0.05) is 0 Å². The summed E-state index contributed by atoms with van der Waals surface area (Å²) in [6.07, 6.45) is 0. The zero-order chi connectivity index (χ0) is 16.0. The van der Waals surface area contributed by atoms with E-state index in [1.54, 1.807) is 6.92 Å². The van der Waals surface area contributed by atoms with Gasteiger partial charge in [-0.3, -0.25) is 20.8 Å². The predicted molar refractivity (Wildman–Crippen MR) is 74.8 cm³/mol. The van der Waals surface area contributed by atoms with Crippen LogP contribution in [0.4, 0.5) is 11.4 Å². The molecule has 1 amide bonds. The molecule has 1 aromatic rings. The van der Waals surface area contributed by atoms with Gasteiger partial charge in [-0.15, -0.1) is 0 Å². The number of nitrogens with one attached hydrogen (secondary N) is 3. The number of rotatable bonds is 7. The third-order valence-electron chi connectivity index (χ3n) is 2.41. The molecule has 0 bridgehead atoms. The first-order valence-electron chi connectivity index (χ1n) is 5.83. The molecule has 0 spiro atoms. The minimum absolute atomic E-state index is 0.185. The normalized spacial score (nSPS) is 11.0. The predicted octanol–water partition coefficient (Wildman–Crippen LogP) is -0.705. The molecule has 0 fully saturated rings. The first-order valence-corrected chi connectivity index (χ1v) is 7.31. The fourth-order valence-corrected chi connectivity index (χ4v) is 2.61. The number of nitrogens with two attached hydrogens (primary N) is 1. The number of nitro benzene ring substituents is 1. The van der Waals surface area contributed by atoms with E-state index in [4.69, 9.17) is 5.84 Å². The number of hydrogen-bond donors (Lipinski definition) is 4. The summed E-state index contributed by atoms with van der Waals surface area (Å²) < 4.78 is 26.0. The largest absolute Gasteiger partial charge is 0.355 e. The molecule has 0 heterocycles. The second-order valence-electron chi connectivity index (χ2n) is 3.86. The summed E-state index contributed by atoms with van der Waals surface area (Å²) in [6.45, 7) is 1.51. The summed E-state index contributed by atoms with van der Waals surface area (Å²) in [5.41, 5.74) is 1.72. The van der Waals surface area contributed by atoms with Gasteiger partial charge >= 0.3 is 0 Å². The Kier molecular flexibility index (Phi) is 5.58. The number of hydrogen-bond acceptors (Lipinski definition) is 7. The minimum atomic E-state index is -4.20. The Labute approximate surface area is 120 Å². The Morgan fingerprint density at radius 1 is 1.43 bits per heavy atom. The van der Waals surface area contributed by atoms with Crippen LogP contribution in [0.3, 0.4) is 0 Å². The maximum atomic E-state index is 12.0. The number of benzene rings is 1. The Bertz CT molecular complexity index is 645. The molecule has 10 nitrogen and oxygen atoms in total. The van der Waals surface area contributed by atoms with E-state index >= 15 is 0 Å². The average Bonchev–Trinajstić information content (AvgIpc) is 2.45. The number of anilines is 1. The van der Waals surface area contributed by atoms with E-state index in [1.165, 1.54) is 6.07 Å². The highest BCUT2D eigenvalue weighted by Crippen LogP contribution is 2.26. The number of nitrogen functional groups attached to an aromatic ring is 1. The molecule has 11 heteroatoms. The molecule has 0 aromatic heterocycles. The van der Waals surface area contributed by atoms with Gasteiger partial charge in [0.2, 0.25) is 15.9 Å². The molecule has 21 heavy (non-hydrogen) atoms. The highest BCUT2D eigenvalue weighted by molar-refractivity contribution is 7.89. The zero-order valence-electron chi connectivity index (χ0n) is 11.1. The van der Waals surface area contributed by atoms with Crippen molar-refractivity contribution >= 4 is 27.3 Å². The van der Waals surface area contributed by atoms with E-state index in [0.717, 1.165) is 12.1 Å². The van der Waals surface area contributed by atoms with E-state index in [0.29, 0.717) is 6.54 Å². The van der Waals surface area contributed by atoms with Crippen LogP contribution in [0.1, 0.15) is 6.92 Å². The van der Waals surface area contributed by atoms with Crippen LogP contribution in [0.15, 0.2) is 23.1 Å². The van der Waals surface area contributed by atoms with E-state index < -0.39 is 38.0 Å². The van der Waals surface area contributed by atoms with E-state index in [9.17, 15) is 23.3 Å². The third kappa shape index (κ3) is 4.37. The zero-order valence-corrected chi connectivity index (χ0v) is 11.9. The lowest BCUT2D eigenvalue weighted by molar-refractivity contribution is -0.387. The number of nitrogens with zero attached hydrogens (tertiary/aromatic N) is 1. The average molecular weight is 317 g/mol. The van der Waals surface area contributed by atoms with Crippen molar-refractivity contribution in [3.05, 3.63) is 28.3 Å². The number of likely N-dealkylation sites (N-methyl/N-ethyl adjacent to an activating group) is 1. The van der Waals surface area contributed by atoms with Gasteiger partial charge in [0.05, 0.1) is 17.2 Å². The molecule has 0 atom stereocenters. The SMILES string of the molecule is CCNC(=O)CNS(=O)(=O)c1ccc(NN)cc1[N+](=O)[O-]. The summed E-state index contributed by atoms with van der Waals surface area (Å²) in [5, 5.41) is 13.3. The van der Waals surface area contributed by atoms with Gasteiger partial charge in [0.25, 0.3) is 5.69 Å². The molecule has 0 radical (unpaired) electrons. The van der Waals surface area contributed by atoms with Crippen molar-refractivity contribution in [1.29, 1.82) is 0 Å². The minimum Gasteiger partial charge on any atom is -0.355 e. The van der Waals surface area contributed by atoms with Crippen LogP contribution >= 0.6 is 0 Å². The van der Waals surface area contributed by atoms with Crippen LogP contribution in [-0.4, -0.2) is 32.3 Å². The van der Waals surface area contributed by atoms with E-state index in [1.807, 2.05) is 4.72 Å². The quantitative estimate of drug-likeness (QED) is 0.294. The molecule has 0 saturated carbocycles. The van der Waals surface area contributed by atoms with Gasteiger partial charge in [0.15, 0.2) is 4.90 Å². The Balaban J connectivity index is 3.08. The summed E-state index contributed by atoms with van der Waals surface area (Å²) in [4.78, 5) is 20.8. The molecule has 5 N–H and O–H groups in total. The fourth-order valence-electron chi connectivity index (χ4n) is 1.48. The lowest BCUT2D eigenvalue weighted by Gasteiger charge is -2.08. The van der Waals surface area contributed by atoms with Gasteiger partial charge in [-0.2, -0.15) is 0 Å². The summed E-state index contributed by atoms with van der Waals surface area (Å²) in [5.74, 6) is 4.58. The summed E-state index contributed by atoms with van der Waals surface area (Å²) >= 11 is 0. The maximum absolute atomic E-state index is 12.0. The van der Waals surface area contributed by atoms with Gasteiger partial charge < -0.3 is 10.7 Å². The van der Waals surface area contributed by atoms with Gasteiger partial charge in [0, 0.05) is 12.6 Å². The fraction of sp³-hybridized carbons (Fsp3) is 0.300. The lowest BCUT2D eigenvalue weighted by atomic mass is 10.3. The van der Waals surface area contributed by atoms with Crippen LogP contribution in [0.25, 0.3) is 0 Å². The molecule has 116 valence electrons. The smallest absolute Gasteiger partial charge is 0.291 e. The van der Waals surface area contributed by atoms with Crippen molar-refractivity contribution in [3.8, 4) is 0 Å². The Morgan fingerprint density at radius 2 is 2.10 bits per heavy atom. The molecule has 0 saturated heterocycles. The summed E-state index contributed by atoms with van der Waals surface area (Å²) in [6, 6.07) is 3.29. The van der Waals surface area contributed by atoms with Gasteiger partial charge in [-0.05, 0) is 19.1 Å². The van der Waals surface area contributed by atoms with E-state index in [2.05, 4.69) is 10.7 Å². The van der Waals surface area contributed by atoms with Crippen LogP contribution in [0.5, 0.6) is 0 Å². The summed E-state index contributed by atoms with van der Waals surface area (Å²) in [7, 11) is -4.20. The van der Waals surface area contributed by atoms with Crippen LogP contribution in [-0.2, 0) is 14.8 Å². The molecule has 1 rings (SSSR count). The number of nitro groups is 1. The molecule has 0 aliphatic carbocycles. The highest BCUT2D eigenvalue weighted by Gasteiger charge is 2.26. The van der Waals surface area contributed by atoms with Crippen molar-refractivity contribution in [3.63, 3.8) is 0 Å². The standard InChI is InChI=1S/C10H15N5O5S/c1-2-12-10(16)6-13-21(19,20)9-4-3-7(14-11)5-8(9)15(17)18/h3-5,13-14H,2,6,11H2,1H3,(H,12,16). The van der Waals surface area contributed by atoms with Crippen LogP contribution in [0.2, 0.25) is 0 Å². The number of sulfonamides is 1. The maximum Gasteiger partial charge on any atom is 0.291 e. The number of carbonyl (C=O) groups excluding carboxylic acids is 1. The van der Waals surface area contributed by atoms with Crippen molar-refractivity contribution < 1.29 is 18.1 Å². The molecule has 0 aliphatic heterocycles. The highest BCUT2D eigenvalue weighted by atomic mass is 32.2. The van der Waals surface area contributed by atoms with Gasteiger partial charge in [0.1, 0.15) is 0 Å². The number of hydrazine groups is 1. The molecule has 0 aliphatic rings. The Hall–Kier alpha value is -2.24. The first-order chi connectivity index (χ1) is 9.81. The molecule has 0 unspecified atom stereocenters. The Morgan fingerprint density at radius 3 is 2.62 bits per heavy atom. The van der Waals surface area contributed by atoms with Crippen molar-refractivity contribution in [1.82, 2.24) is 10.0 Å². The second-order valence-corrected chi connectivity index (χ2v) is 5.60. The van der Waals surface area contributed by atoms with Crippen LogP contribution < -0.4 is 21.3 Å². The van der Waals surface area contributed by atoms with Crippen molar-refractivity contribution in [2.24, 2.45) is 5.84 Å². The first kappa shape index (κ1) is 16.8. The van der Waals surface area contributed by atoms with E-state index in [-0.39, 0.29) is 5.69 Å². The number of amides is 1. The lowest BCUT2D eigenvalue weighted by Crippen LogP contribution is -2.36. The molecule has 1 aromatic carbocycles. The second kappa shape index (κ2) is 6.97. The van der Waals surface area contributed by atoms with Crippen LogP contribution in [0, 0.1) is 10.1 Å². The van der Waals surface area contributed by atoms with Crippen molar-refractivity contribution in [2.45, 2.75) is 11.8 Å². The number of carbonyl (C=O) groups is 1. The van der Waals surface area contributed by atoms with Gasteiger partial charge in [-0.25, -0.2) is 13.1 Å². The van der Waals surface area contributed by atoms with Crippen molar-refractivity contribution in [2.75, 3.05) is 18.5 Å². The topological polar surface area (TPSA) is 156 Å². The molecular formula is C10H15N5O5S.